The van der Waals surface area contributed by atoms with Crippen LogP contribution in [0, 0.1) is 5.41 Å². The zero-order valence-electron chi connectivity index (χ0n) is 7.53. The minimum Gasteiger partial charge on any atom is -0.0848 e. The van der Waals surface area contributed by atoms with Crippen molar-refractivity contribution in [3.05, 3.63) is 11.6 Å². The van der Waals surface area contributed by atoms with Crippen molar-refractivity contribution in [2.45, 2.75) is 51.9 Å². The standard InChI is InChI=1S/C11H18/c1-11-8-4-2-6-10(11)7-3-5-9-11/h6H,2-5,7-9H2,1H3/t11-/m0/s1. The number of allylic oxidation sites excluding steroid dienone is 2. The Kier molecular flexibility index (Phi) is 1.78. The van der Waals surface area contributed by atoms with Gasteiger partial charge in [-0.2, -0.15) is 0 Å². The average Bonchev–Trinajstić information content (AvgIpc) is 2.03. The first-order chi connectivity index (χ1) is 5.31. The van der Waals surface area contributed by atoms with Crippen LogP contribution < -0.4 is 0 Å². The van der Waals surface area contributed by atoms with Gasteiger partial charge in [0, 0.05) is 0 Å². The Morgan fingerprint density at radius 2 is 2.00 bits per heavy atom. The van der Waals surface area contributed by atoms with Crippen LogP contribution in [-0.4, -0.2) is 0 Å². The molecule has 0 radical (unpaired) electrons. The molecule has 2 aliphatic carbocycles. The molecule has 0 N–H and O–H groups in total. The number of rotatable bonds is 0. The predicted molar refractivity (Wildman–Crippen MR) is 48.5 cm³/mol. The van der Waals surface area contributed by atoms with Crippen LogP contribution in [0.25, 0.3) is 0 Å². The van der Waals surface area contributed by atoms with Crippen molar-refractivity contribution in [1.82, 2.24) is 0 Å². The first-order valence-electron chi connectivity index (χ1n) is 5.01. The van der Waals surface area contributed by atoms with E-state index in [1.54, 1.807) is 5.57 Å². The SMILES string of the molecule is C[C@@]12CCCC=C1CCCC2. The van der Waals surface area contributed by atoms with Crippen LogP contribution in [0.1, 0.15) is 51.9 Å². The quantitative estimate of drug-likeness (QED) is 0.462. The molecular formula is C11H18. The molecule has 0 aromatic carbocycles. The predicted octanol–water partition coefficient (Wildman–Crippen LogP) is 3.68. The number of hydrogen-bond acceptors (Lipinski definition) is 0. The zero-order valence-corrected chi connectivity index (χ0v) is 7.53. The molecule has 0 aromatic rings. The van der Waals surface area contributed by atoms with Gasteiger partial charge in [-0.3, -0.25) is 0 Å². The van der Waals surface area contributed by atoms with Crippen LogP contribution in [0.3, 0.4) is 0 Å². The summed E-state index contributed by atoms with van der Waals surface area (Å²) in [5, 5.41) is 0. The minimum absolute atomic E-state index is 0.635. The molecule has 1 atom stereocenters. The summed E-state index contributed by atoms with van der Waals surface area (Å²) in [6.45, 7) is 2.47. The molecule has 0 heteroatoms. The van der Waals surface area contributed by atoms with E-state index in [-0.39, 0.29) is 0 Å². The molecule has 0 unspecified atom stereocenters. The van der Waals surface area contributed by atoms with E-state index in [1.165, 1.54) is 44.9 Å². The monoisotopic (exact) mass is 150 g/mol. The van der Waals surface area contributed by atoms with Crippen molar-refractivity contribution in [1.29, 1.82) is 0 Å². The van der Waals surface area contributed by atoms with Gasteiger partial charge in [0.15, 0.2) is 0 Å². The molecule has 0 amide bonds. The van der Waals surface area contributed by atoms with Crippen molar-refractivity contribution in [3.63, 3.8) is 0 Å². The maximum Gasteiger partial charge on any atom is -0.0116 e. The Bertz CT molecular complexity index is 178. The molecule has 11 heavy (non-hydrogen) atoms. The fraction of sp³-hybridized carbons (Fsp3) is 0.818. The van der Waals surface area contributed by atoms with Crippen LogP contribution in [-0.2, 0) is 0 Å². The second-order valence-electron chi connectivity index (χ2n) is 4.39. The molecule has 0 heterocycles. The van der Waals surface area contributed by atoms with Crippen LogP contribution in [0.15, 0.2) is 11.6 Å². The van der Waals surface area contributed by atoms with Gasteiger partial charge in [-0.05, 0) is 43.9 Å². The summed E-state index contributed by atoms with van der Waals surface area (Å²) in [4.78, 5) is 0. The van der Waals surface area contributed by atoms with E-state index >= 15 is 0 Å². The Labute approximate surface area is 69.7 Å². The molecule has 0 aliphatic heterocycles. The normalized spacial score (nSPS) is 37.7. The summed E-state index contributed by atoms with van der Waals surface area (Å²) in [5.41, 5.74) is 2.42. The van der Waals surface area contributed by atoms with Crippen LogP contribution in [0.5, 0.6) is 0 Å². The van der Waals surface area contributed by atoms with E-state index in [9.17, 15) is 0 Å². The highest BCUT2D eigenvalue weighted by Gasteiger charge is 2.32. The number of hydrogen-bond donors (Lipinski definition) is 0. The molecule has 0 nitrogen and oxygen atoms in total. The third kappa shape index (κ3) is 1.23. The molecule has 0 bridgehead atoms. The van der Waals surface area contributed by atoms with Crippen molar-refractivity contribution < 1.29 is 0 Å². The first-order valence-corrected chi connectivity index (χ1v) is 5.01. The maximum atomic E-state index is 2.52. The number of fused-ring (bicyclic) bond motifs is 1. The first kappa shape index (κ1) is 7.39. The van der Waals surface area contributed by atoms with E-state index in [1.807, 2.05) is 0 Å². The summed E-state index contributed by atoms with van der Waals surface area (Å²) >= 11 is 0. The molecule has 0 saturated heterocycles. The van der Waals surface area contributed by atoms with Gasteiger partial charge in [-0.15, -0.1) is 0 Å². The topological polar surface area (TPSA) is 0 Å². The fourth-order valence-corrected chi connectivity index (χ4v) is 2.70. The fourth-order valence-electron chi connectivity index (χ4n) is 2.70. The molecule has 0 spiro atoms. The van der Waals surface area contributed by atoms with E-state index in [2.05, 4.69) is 13.0 Å². The Morgan fingerprint density at radius 3 is 2.82 bits per heavy atom. The summed E-state index contributed by atoms with van der Waals surface area (Å²) in [6, 6.07) is 0. The second kappa shape index (κ2) is 2.66. The third-order valence-corrected chi connectivity index (χ3v) is 3.52. The lowest BCUT2D eigenvalue weighted by atomic mass is 9.66. The van der Waals surface area contributed by atoms with Gasteiger partial charge in [0.25, 0.3) is 0 Å². The molecule has 0 aromatic heterocycles. The van der Waals surface area contributed by atoms with Gasteiger partial charge < -0.3 is 0 Å². The molecular weight excluding hydrogens is 132 g/mol. The van der Waals surface area contributed by atoms with E-state index < -0.39 is 0 Å². The molecule has 2 aliphatic rings. The summed E-state index contributed by atoms with van der Waals surface area (Å²) < 4.78 is 0. The lowest BCUT2D eigenvalue weighted by molar-refractivity contribution is 0.262. The van der Waals surface area contributed by atoms with Gasteiger partial charge in [-0.25, -0.2) is 0 Å². The molecule has 62 valence electrons. The maximum absolute atomic E-state index is 2.52. The van der Waals surface area contributed by atoms with Gasteiger partial charge in [0.1, 0.15) is 0 Å². The van der Waals surface area contributed by atoms with E-state index in [0.29, 0.717) is 5.41 Å². The lowest BCUT2D eigenvalue weighted by Gasteiger charge is -2.39. The van der Waals surface area contributed by atoms with Crippen molar-refractivity contribution in [2.24, 2.45) is 5.41 Å². The van der Waals surface area contributed by atoms with Gasteiger partial charge in [0.05, 0.1) is 0 Å². The summed E-state index contributed by atoms with van der Waals surface area (Å²) in [7, 11) is 0. The van der Waals surface area contributed by atoms with E-state index in [0.717, 1.165) is 0 Å². The Balaban J connectivity index is 2.22. The smallest absolute Gasteiger partial charge is 0.0116 e. The highest BCUT2D eigenvalue weighted by Crippen LogP contribution is 2.46. The highest BCUT2D eigenvalue weighted by atomic mass is 14.4. The van der Waals surface area contributed by atoms with Crippen LogP contribution >= 0.6 is 0 Å². The van der Waals surface area contributed by atoms with Gasteiger partial charge in [-0.1, -0.05) is 25.0 Å². The lowest BCUT2D eigenvalue weighted by Crippen LogP contribution is -2.25. The van der Waals surface area contributed by atoms with Gasteiger partial charge in [0.2, 0.25) is 0 Å². The Hall–Kier alpha value is -0.260. The van der Waals surface area contributed by atoms with E-state index in [4.69, 9.17) is 0 Å². The highest BCUT2D eigenvalue weighted by molar-refractivity contribution is 5.18. The minimum atomic E-state index is 0.635. The molecule has 2 rings (SSSR count). The third-order valence-electron chi connectivity index (χ3n) is 3.52. The van der Waals surface area contributed by atoms with Crippen molar-refractivity contribution >= 4 is 0 Å². The zero-order chi connectivity index (χ0) is 7.73. The van der Waals surface area contributed by atoms with Gasteiger partial charge >= 0.3 is 0 Å². The summed E-state index contributed by atoms with van der Waals surface area (Å²) in [5.74, 6) is 0. The van der Waals surface area contributed by atoms with Crippen molar-refractivity contribution in [2.75, 3.05) is 0 Å². The van der Waals surface area contributed by atoms with Crippen LogP contribution in [0.2, 0.25) is 0 Å². The summed E-state index contributed by atoms with van der Waals surface area (Å²) in [6.07, 6.45) is 12.5. The Morgan fingerprint density at radius 1 is 1.18 bits per heavy atom. The molecule has 1 saturated carbocycles. The largest absolute Gasteiger partial charge is 0.0848 e. The van der Waals surface area contributed by atoms with Crippen LogP contribution in [0.4, 0.5) is 0 Å². The average molecular weight is 150 g/mol. The molecule has 1 fully saturated rings. The van der Waals surface area contributed by atoms with Crippen molar-refractivity contribution in [3.8, 4) is 0 Å². The second-order valence-corrected chi connectivity index (χ2v) is 4.39.